The maximum atomic E-state index is 12.5. The van der Waals surface area contributed by atoms with E-state index >= 15 is 0 Å². The molecule has 1 N–H and O–H groups in total. The van der Waals surface area contributed by atoms with Crippen LogP contribution in [0.2, 0.25) is 0 Å². The van der Waals surface area contributed by atoms with Crippen molar-refractivity contribution < 1.29 is 19.0 Å². The molecule has 35 heavy (non-hydrogen) atoms. The lowest BCUT2D eigenvalue weighted by Gasteiger charge is -2.14. The number of carbonyl (C=O) groups excluding carboxylic acids is 1. The van der Waals surface area contributed by atoms with Gasteiger partial charge in [-0.2, -0.15) is 0 Å². The molecule has 0 saturated carbocycles. The minimum absolute atomic E-state index is 0.0537. The minimum Gasteiger partial charge on any atom is -0.490 e. The number of rotatable bonds is 11. The molecule has 0 unspecified atom stereocenters. The molecule has 0 radical (unpaired) electrons. The summed E-state index contributed by atoms with van der Waals surface area (Å²) in [5.74, 6) is 2.70. The van der Waals surface area contributed by atoms with Gasteiger partial charge in [-0.05, 0) is 62.2 Å². The minimum atomic E-state index is -0.202. The maximum Gasteiger partial charge on any atom is 0.258 e. The summed E-state index contributed by atoms with van der Waals surface area (Å²) >= 11 is 0. The van der Waals surface area contributed by atoms with Crippen molar-refractivity contribution in [1.29, 1.82) is 0 Å². The Labute approximate surface area is 205 Å². The molecule has 1 amide bonds. The second kappa shape index (κ2) is 11.4. The molecule has 7 heteroatoms. The monoisotopic (exact) mass is 473 g/mol. The molecule has 0 aliphatic heterocycles. The van der Waals surface area contributed by atoms with Crippen molar-refractivity contribution in [3.63, 3.8) is 0 Å². The zero-order valence-electron chi connectivity index (χ0n) is 20.4. The molecular formula is C28H31N3O4. The third kappa shape index (κ3) is 6.12. The molecule has 0 fully saturated rings. The van der Waals surface area contributed by atoms with E-state index < -0.39 is 0 Å². The average Bonchev–Trinajstić information content (AvgIpc) is 3.22. The Morgan fingerprint density at radius 2 is 1.66 bits per heavy atom. The van der Waals surface area contributed by atoms with E-state index in [-0.39, 0.29) is 12.5 Å². The number of aryl methyl sites for hydroxylation is 2. The molecule has 0 aliphatic rings. The van der Waals surface area contributed by atoms with Gasteiger partial charge in [-0.15, -0.1) is 0 Å². The Morgan fingerprint density at radius 1 is 0.914 bits per heavy atom. The lowest BCUT2D eigenvalue weighted by atomic mass is 10.1. The average molecular weight is 474 g/mol. The van der Waals surface area contributed by atoms with Crippen LogP contribution in [0.1, 0.15) is 23.9 Å². The Bertz CT molecular complexity index is 1300. The van der Waals surface area contributed by atoms with E-state index in [4.69, 9.17) is 19.2 Å². The van der Waals surface area contributed by atoms with Gasteiger partial charge in [0.1, 0.15) is 18.2 Å². The van der Waals surface area contributed by atoms with Crippen LogP contribution in [0, 0.1) is 13.8 Å². The fraction of sp³-hybridized carbons (Fsp3) is 0.286. The highest BCUT2D eigenvalue weighted by molar-refractivity contribution is 5.78. The van der Waals surface area contributed by atoms with Crippen LogP contribution in [0.15, 0.2) is 66.7 Å². The quantitative estimate of drug-likeness (QED) is 0.338. The lowest BCUT2D eigenvalue weighted by Crippen LogP contribution is -2.30. The van der Waals surface area contributed by atoms with Crippen LogP contribution in [-0.4, -0.2) is 35.3 Å². The van der Waals surface area contributed by atoms with E-state index in [0.29, 0.717) is 32.1 Å². The first-order valence-corrected chi connectivity index (χ1v) is 11.8. The van der Waals surface area contributed by atoms with Crippen molar-refractivity contribution in [2.45, 2.75) is 33.9 Å². The molecule has 4 rings (SSSR count). The third-order valence-corrected chi connectivity index (χ3v) is 5.60. The molecule has 1 aromatic heterocycles. The van der Waals surface area contributed by atoms with Crippen molar-refractivity contribution in [2.75, 3.05) is 19.8 Å². The Hall–Kier alpha value is -4.00. The SMILES string of the molecule is CCOc1ccccc1OCCn1c(CNC(=O)COc2cc(C)ccc2C)nc2ccccc21. The van der Waals surface area contributed by atoms with Crippen LogP contribution in [-0.2, 0) is 17.9 Å². The molecule has 1 heterocycles. The van der Waals surface area contributed by atoms with Gasteiger partial charge in [0.25, 0.3) is 5.91 Å². The van der Waals surface area contributed by atoms with Crippen molar-refractivity contribution >= 4 is 16.9 Å². The van der Waals surface area contributed by atoms with Crippen molar-refractivity contribution in [3.05, 3.63) is 83.7 Å². The number of para-hydroxylation sites is 4. The number of benzene rings is 3. The number of amides is 1. The normalized spacial score (nSPS) is 10.8. The fourth-order valence-electron chi connectivity index (χ4n) is 3.84. The molecule has 0 spiro atoms. The van der Waals surface area contributed by atoms with E-state index in [9.17, 15) is 4.79 Å². The number of ether oxygens (including phenoxy) is 3. The van der Waals surface area contributed by atoms with E-state index in [1.54, 1.807) is 0 Å². The van der Waals surface area contributed by atoms with Crippen LogP contribution in [0.25, 0.3) is 11.0 Å². The standard InChI is InChI=1S/C28H31N3O4/c1-4-33-24-11-7-8-12-25(24)34-16-15-31-23-10-6-5-9-22(23)30-27(31)18-29-28(32)19-35-26-17-20(2)13-14-21(26)3/h5-14,17H,4,15-16,18-19H2,1-3H3,(H,29,32). The highest BCUT2D eigenvalue weighted by atomic mass is 16.5. The zero-order valence-corrected chi connectivity index (χ0v) is 20.4. The maximum absolute atomic E-state index is 12.5. The van der Waals surface area contributed by atoms with E-state index in [0.717, 1.165) is 39.5 Å². The van der Waals surface area contributed by atoms with Gasteiger partial charge in [-0.1, -0.05) is 36.4 Å². The highest BCUT2D eigenvalue weighted by Crippen LogP contribution is 2.26. The summed E-state index contributed by atoms with van der Waals surface area (Å²) < 4.78 is 19.5. The zero-order chi connectivity index (χ0) is 24.6. The van der Waals surface area contributed by atoms with Gasteiger partial charge in [0.15, 0.2) is 18.1 Å². The molecule has 4 aromatic rings. The van der Waals surface area contributed by atoms with Gasteiger partial charge in [-0.3, -0.25) is 4.79 Å². The number of nitrogens with one attached hydrogen (secondary N) is 1. The van der Waals surface area contributed by atoms with Gasteiger partial charge >= 0.3 is 0 Å². The van der Waals surface area contributed by atoms with Gasteiger partial charge in [0.2, 0.25) is 0 Å². The van der Waals surface area contributed by atoms with Gasteiger partial charge in [0, 0.05) is 0 Å². The molecule has 0 aliphatic carbocycles. The Kier molecular flexibility index (Phi) is 7.88. The third-order valence-electron chi connectivity index (χ3n) is 5.60. The topological polar surface area (TPSA) is 74.6 Å². The molecule has 0 atom stereocenters. The van der Waals surface area contributed by atoms with Gasteiger partial charge < -0.3 is 24.1 Å². The fourth-order valence-corrected chi connectivity index (χ4v) is 3.84. The number of carbonyl (C=O) groups is 1. The Balaban J connectivity index is 1.40. The number of imidazole rings is 1. The van der Waals surface area contributed by atoms with E-state index in [1.165, 1.54) is 0 Å². The van der Waals surface area contributed by atoms with Crippen LogP contribution in [0.4, 0.5) is 0 Å². The molecule has 7 nitrogen and oxygen atoms in total. The van der Waals surface area contributed by atoms with Gasteiger partial charge in [-0.25, -0.2) is 4.98 Å². The van der Waals surface area contributed by atoms with Crippen molar-refractivity contribution in [3.8, 4) is 17.2 Å². The molecule has 0 bridgehead atoms. The summed E-state index contributed by atoms with van der Waals surface area (Å²) in [7, 11) is 0. The Morgan fingerprint density at radius 3 is 2.46 bits per heavy atom. The number of fused-ring (bicyclic) bond motifs is 1. The molecule has 3 aromatic carbocycles. The second-order valence-corrected chi connectivity index (χ2v) is 8.23. The van der Waals surface area contributed by atoms with Crippen LogP contribution < -0.4 is 19.5 Å². The predicted octanol–water partition coefficient (Wildman–Crippen LogP) is 4.83. The largest absolute Gasteiger partial charge is 0.490 e. The number of aromatic nitrogens is 2. The number of nitrogens with zero attached hydrogens (tertiary/aromatic N) is 2. The smallest absolute Gasteiger partial charge is 0.258 e. The van der Waals surface area contributed by atoms with Crippen LogP contribution in [0.3, 0.4) is 0 Å². The van der Waals surface area contributed by atoms with Crippen LogP contribution in [0.5, 0.6) is 17.2 Å². The molecule has 0 saturated heterocycles. The first-order chi connectivity index (χ1) is 17.0. The summed E-state index contributed by atoms with van der Waals surface area (Å²) in [5.41, 5.74) is 3.95. The van der Waals surface area contributed by atoms with Gasteiger partial charge in [0.05, 0.1) is 30.7 Å². The van der Waals surface area contributed by atoms with Crippen LogP contribution >= 0.6 is 0 Å². The van der Waals surface area contributed by atoms with Crippen molar-refractivity contribution in [2.24, 2.45) is 0 Å². The first-order valence-electron chi connectivity index (χ1n) is 11.8. The summed E-state index contributed by atoms with van der Waals surface area (Å²) in [6.07, 6.45) is 0. The summed E-state index contributed by atoms with van der Waals surface area (Å²) in [5, 5.41) is 2.93. The van der Waals surface area contributed by atoms with E-state index in [2.05, 4.69) is 9.88 Å². The summed E-state index contributed by atoms with van der Waals surface area (Å²) in [6, 6.07) is 21.5. The predicted molar refractivity (Wildman–Crippen MR) is 136 cm³/mol. The number of hydrogen-bond donors (Lipinski definition) is 1. The molecule has 182 valence electrons. The highest BCUT2D eigenvalue weighted by Gasteiger charge is 2.13. The lowest BCUT2D eigenvalue weighted by molar-refractivity contribution is -0.123. The van der Waals surface area contributed by atoms with E-state index in [1.807, 2.05) is 87.5 Å². The van der Waals surface area contributed by atoms with Crippen molar-refractivity contribution in [1.82, 2.24) is 14.9 Å². The summed E-state index contributed by atoms with van der Waals surface area (Å²) in [6.45, 7) is 7.72. The first kappa shape index (κ1) is 24.1. The summed E-state index contributed by atoms with van der Waals surface area (Å²) in [4.78, 5) is 17.2. The molecular weight excluding hydrogens is 442 g/mol. The number of hydrogen-bond acceptors (Lipinski definition) is 5. The second-order valence-electron chi connectivity index (χ2n) is 8.23.